The smallest absolute Gasteiger partial charge is 0.224 e. The maximum atomic E-state index is 11.7. The summed E-state index contributed by atoms with van der Waals surface area (Å²) in [5, 5.41) is 3.65. The maximum Gasteiger partial charge on any atom is 0.224 e. The van der Waals surface area contributed by atoms with Crippen molar-refractivity contribution in [2.45, 2.75) is 19.8 Å². The summed E-state index contributed by atoms with van der Waals surface area (Å²) in [6.45, 7) is 2.57. The van der Waals surface area contributed by atoms with Gasteiger partial charge in [-0.15, -0.1) is 0 Å². The number of halogens is 1. The van der Waals surface area contributed by atoms with Crippen LogP contribution in [-0.2, 0) is 17.6 Å². The van der Waals surface area contributed by atoms with Crippen LogP contribution in [0.5, 0.6) is 0 Å². The molecule has 1 heterocycles. The van der Waals surface area contributed by atoms with Gasteiger partial charge in [-0.3, -0.25) is 4.79 Å². The molecule has 0 saturated carbocycles. The number of benzene rings is 1. The molecule has 0 atom stereocenters. The first-order valence-electron chi connectivity index (χ1n) is 6.29. The van der Waals surface area contributed by atoms with Crippen molar-refractivity contribution in [3.63, 3.8) is 0 Å². The van der Waals surface area contributed by atoms with Crippen LogP contribution in [0.3, 0.4) is 0 Å². The molecule has 0 saturated heterocycles. The van der Waals surface area contributed by atoms with E-state index in [4.69, 9.17) is 11.6 Å². The van der Waals surface area contributed by atoms with Crippen molar-refractivity contribution in [3.05, 3.63) is 58.4 Å². The van der Waals surface area contributed by atoms with Gasteiger partial charge in [-0.25, -0.2) is 0 Å². The zero-order valence-corrected chi connectivity index (χ0v) is 11.6. The Bertz CT molecular complexity index is 563. The SMILES string of the molecule is Cc1cc(CC(=O)NCCc2ccccc2Cl)c[nH]1. The highest BCUT2D eigenvalue weighted by Gasteiger charge is 2.05. The van der Waals surface area contributed by atoms with Gasteiger partial charge < -0.3 is 10.3 Å². The van der Waals surface area contributed by atoms with Gasteiger partial charge in [0.2, 0.25) is 5.91 Å². The highest BCUT2D eigenvalue weighted by Crippen LogP contribution is 2.14. The van der Waals surface area contributed by atoms with Gasteiger partial charge in [-0.2, -0.15) is 0 Å². The standard InChI is InChI=1S/C15H17ClN2O/c1-11-8-12(10-18-11)9-15(19)17-7-6-13-4-2-3-5-14(13)16/h2-5,8,10,18H,6-7,9H2,1H3,(H,17,19). The van der Waals surface area contributed by atoms with Crippen LogP contribution < -0.4 is 5.32 Å². The van der Waals surface area contributed by atoms with E-state index >= 15 is 0 Å². The molecule has 2 aromatic rings. The predicted octanol–water partition coefficient (Wildman–Crippen LogP) is 2.88. The first kappa shape index (κ1) is 13.7. The minimum Gasteiger partial charge on any atom is -0.365 e. The zero-order valence-electron chi connectivity index (χ0n) is 10.9. The third-order valence-electron chi connectivity index (χ3n) is 2.93. The van der Waals surface area contributed by atoms with Gasteiger partial charge in [-0.05, 0) is 36.6 Å². The number of nitrogens with one attached hydrogen (secondary N) is 2. The second-order valence-corrected chi connectivity index (χ2v) is 4.97. The zero-order chi connectivity index (χ0) is 13.7. The first-order valence-corrected chi connectivity index (χ1v) is 6.67. The molecule has 0 aliphatic carbocycles. The fourth-order valence-electron chi connectivity index (χ4n) is 1.96. The molecule has 1 aromatic heterocycles. The number of carbonyl (C=O) groups is 1. The fraction of sp³-hybridized carbons (Fsp3) is 0.267. The summed E-state index contributed by atoms with van der Waals surface area (Å²) >= 11 is 6.06. The van der Waals surface area contributed by atoms with Gasteiger partial charge in [0, 0.05) is 23.5 Å². The summed E-state index contributed by atoms with van der Waals surface area (Å²) in [6.07, 6.45) is 3.02. The molecule has 0 aliphatic heterocycles. The number of carbonyl (C=O) groups excluding carboxylic acids is 1. The van der Waals surface area contributed by atoms with E-state index in [0.717, 1.165) is 28.3 Å². The highest BCUT2D eigenvalue weighted by molar-refractivity contribution is 6.31. The number of hydrogen-bond donors (Lipinski definition) is 2. The molecule has 0 unspecified atom stereocenters. The van der Waals surface area contributed by atoms with E-state index in [1.165, 1.54) is 0 Å². The lowest BCUT2D eigenvalue weighted by atomic mass is 10.1. The Morgan fingerprint density at radius 1 is 1.37 bits per heavy atom. The molecule has 0 aliphatic rings. The predicted molar refractivity (Wildman–Crippen MR) is 77.4 cm³/mol. The number of aromatic nitrogens is 1. The van der Waals surface area contributed by atoms with Crippen LogP contribution in [0.25, 0.3) is 0 Å². The Morgan fingerprint density at radius 3 is 2.84 bits per heavy atom. The summed E-state index contributed by atoms with van der Waals surface area (Å²) < 4.78 is 0. The Kier molecular flexibility index (Phi) is 4.63. The second kappa shape index (κ2) is 6.43. The van der Waals surface area contributed by atoms with Gasteiger partial charge in [0.05, 0.1) is 6.42 Å². The van der Waals surface area contributed by atoms with Crippen LogP contribution in [0.2, 0.25) is 5.02 Å². The summed E-state index contributed by atoms with van der Waals surface area (Å²) in [5.41, 5.74) is 3.13. The summed E-state index contributed by atoms with van der Waals surface area (Å²) in [5.74, 6) is 0.0334. The Balaban J connectivity index is 1.77. The Morgan fingerprint density at radius 2 is 2.16 bits per heavy atom. The van der Waals surface area contributed by atoms with E-state index in [0.29, 0.717) is 13.0 Å². The molecule has 2 rings (SSSR count). The molecule has 0 fully saturated rings. The van der Waals surface area contributed by atoms with E-state index in [2.05, 4.69) is 10.3 Å². The minimum absolute atomic E-state index is 0.0334. The quantitative estimate of drug-likeness (QED) is 0.867. The number of amides is 1. The Hall–Kier alpha value is -1.74. The molecule has 0 spiro atoms. The van der Waals surface area contributed by atoms with Crippen molar-refractivity contribution in [1.82, 2.24) is 10.3 Å². The third kappa shape index (κ3) is 4.14. The monoisotopic (exact) mass is 276 g/mol. The van der Waals surface area contributed by atoms with Crippen molar-refractivity contribution < 1.29 is 4.79 Å². The van der Waals surface area contributed by atoms with E-state index in [-0.39, 0.29) is 5.91 Å². The lowest BCUT2D eigenvalue weighted by Crippen LogP contribution is -2.27. The van der Waals surface area contributed by atoms with Crippen molar-refractivity contribution in [1.29, 1.82) is 0 Å². The molecule has 3 nitrogen and oxygen atoms in total. The summed E-state index contributed by atoms with van der Waals surface area (Å²) in [4.78, 5) is 14.8. The summed E-state index contributed by atoms with van der Waals surface area (Å²) in [6, 6.07) is 9.67. The van der Waals surface area contributed by atoms with Crippen LogP contribution in [0.15, 0.2) is 36.5 Å². The van der Waals surface area contributed by atoms with Gasteiger partial charge in [0.15, 0.2) is 0 Å². The molecule has 0 radical (unpaired) electrons. The van der Waals surface area contributed by atoms with E-state index in [1.807, 2.05) is 43.5 Å². The average molecular weight is 277 g/mol. The number of hydrogen-bond acceptors (Lipinski definition) is 1. The molecular formula is C15H17ClN2O. The van der Waals surface area contributed by atoms with Crippen LogP contribution in [-0.4, -0.2) is 17.4 Å². The summed E-state index contributed by atoms with van der Waals surface area (Å²) in [7, 11) is 0. The lowest BCUT2D eigenvalue weighted by Gasteiger charge is -2.06. The fourth-order valence-corrected chi connectivity index (χ4v) is 2.19. The normalized spacial score (nSPS) is 10.4. The van der Waals surface area contributed by atoms with Crippen LogP contribution in [0.4, 0.5) is 0 Å². The highest BCUT2D eigenvalue weighted by atomic mass is 35.5. The number of aryl methyl sites for hydroxylation is 1. The van der Waals surface area contributed by atoms with E-state index in [1.54, 1.807) is 0 Å². The molecule has 2 N–H and O–H groups in total. The minimum atomic E-state index is 0.0334. The van der Waals surface area contributed by atoms with Gasteiger partial charge in [-0.1, -0.05) is 29.8 Å². The first-order chi connectivity index (χ1) is 9.15. The molecule has 0 bridgehead atoms. The second-order valence-electron chi connectivity index (χ2n) is 4.56. The molecule has 100 valence electrons. The third-order valence-corrected chi connectivity index (χ3v) is 3.29. The number of rotatable bonds is 5. The van der Waals surface area contributed by atoms with Crippen LogP contribution >= 0.6 is 11.6 Å². The van der Waals surface area contributed by atoms with Gasteiger partial charge >= 0.3 is 0 Å². The van der Waals surface area contributed by atoms with E-state index in [9.17, 15) is 4.79 Å². The molecular weight excluding hydrogens is 260 g/mol. The van der Waals surface area contributed by atoms with Crippen molar-refractivity contribution in [2.24, 2.45) is 0 Å². The van der Waals surface area contributed by atoms with Crippen molar-refractivity contribution in [2.75, 3.05) is 6.54 Å². The average Bonchev–Trinajstić information content (AvgIpc) is 2.77. The molecule has 1 aromatic carbocycles. The van der Waals surface area contributed by atoms with Crippen LogP contribution in [0.1, 0.15) is 16.8 Å². The number of aromatic amines is 1. The van der Waals surface area contributed by atoms with Gasteiger partial charge in [0.1, 0.15) is 0 Å². The van der Waals surface area contributed by atoms with E-state index < -0.39 is 0 Å². The van der Waals surface area contributed by atoms with Crippen molar-refractivity contribution >= 4 is 17.5 Å². The van der Waals surface area contributed by atoms with Crippen molar-refractivity contribution in [3.8, 4) is 0 Å². The lowest BCUT2D eigenvalue weighted by molar-refractivity contribution is -0.120. The Labute approximate surface area is 118 Å². The van der Waals surface area contributed by atoms with Gasteiger partial charge in [0.25, 0.3) is 0 Å². The largest absolute Gasteiger partial charge is 0.365 e. The topological polar surface area (TPSA) is 44.9 Å². The maximum absolute atomic E-state index is 11.7. The molecule has 4 heteroatoms. The molecule has 1 amide bonds. The molecule has 19 heavy (non-hydrogen) atoms. The van der Waals surface area contributed by atoms with Crippen LogP contribution in [0, 0.1) is 6.92 Å². The number of H-pyrrole nitrogens is 1.